The molecular weight excluding hydrogens is 404 g/mol. The monoisotopic (exact) mass is 416 g/mol. The molecule has 9 nitrogen and oxygen atoms in total. The maximum absolute atomic E-state index is 13.1. The Morgan fingerprint density at radius 1 is 1.41 bits per heavy atom. The van der Waals surface area contributed by atoms with Gasteiger partial charge < -0.3 is 19.8 Å². The van der Waals surface area contributed by atoms with Gasteiger partial charge in [-0.15, -0.1) is 0 Å². The molecule has 0 fully saturated rings. The average molecular weight is 416 g/mol. The number of nitrogens with two attached hydrogens (primary N) is 1. The van der Waals surface area contributed by atoms with E-state index in [1.807, 2.05) is 0 Å². The van der Waals surface area contributed by atoms with E-state index in [1.54, 1.807) is 6.07 Å². The summed E-state index contributed by atoms with van der Waals surface area (Å²) in [6, 6.07) is 4.36. The lowest BCUT2D eigenvalue weighted by molar-refractivity contribution is -0.384. The normalized spacial score (nSPS) is 11.2. The van der Waals surface area contributed by atoms with Crippen LogP contribution in [0.25, 0.3) is 5.69 Å². The minimum atomic E-state index is -4.49. The summed E-state index contributed by atoms with van der Waals surface area (Å²) in [6.45, 7) is -1.74. The Kier molecular flexibility index (Phi) is 5.96. The quantitative estimate of drug-likeness (QED) is 0.317. The molecule has 1 aromatic heterocycles. The first kappa shape index (κ1) is 21.5. The Labute approximate surface area is 160 Å². The van der Waals surface area contributed by atoms with Crippen molar-refractivity contribution in [3.63, 3.8) is 0 Å². The van der Waals surface area contributed by atoms with Gasteiger partial charge in [-0.1, -0.05) is 0 Å². The van der Waals surface area contributed by atoms with Gasteiger partial charge in [-0.25, -0.2) is 13.6 Å². The molecule has 0 bridgehead atoms. The molecule has 0 saturated carbocycles. The highest BCUT2D eigenvalue weighted by molar-refractivity contribution is 5.96. The van der Waals surface area contributed by atoms with Crippen molar-refractivity contribution in [3.8, 4) is 17.5 Å². The number of halogens is 4. The molecule has 0 atom stereocenters. The highest BCUT2D eigenvalue weighted by atomic mass is 19.3. The number of nitro benzene ring substituents is 1. The third-order valence-electron chi connectivity index (χ3n) is 3.66. The number of nitriles is 1. The van der Waals surface area contributed by atoms with Crippen molar-refractivity contribution in [3.05, 3.63) is 45.8 Å². The Bertz CT molecular complexity index is 1000. The van der Waals surface area contributed by atoms with E-state index >= 15 is 0 Å². The van der Waals surface area contributed by atoms with Crippen LogP contribution in [0.1, 0.15) is 16.1 Å². The number of carbonyl (C=O) groups excluding carboxylic acids is 1. The molecule has 0 unspecified atom stereocenters. The molecule has 29 heavy (non-hydrogen) atoms. The number of rotatable bonds is 7. The molecule has 2 aromatic rings. The molecule has 0 radical (unpaired) electrons. The van der Waals surface area contributed by atoms with Crippen molar-refractivity contribution in [2.24, 2.45) is 0 Å². The number of anilines is 1. The Hall–Kier alpha value is -3.82. The first-order chi connectivity index (χ1) is 13.5. The first-order valence-electron chi connectivity index (χ1n) is 7.59. The van der Waals surface area contributed by atoms with Crippen molar-refractivity contribution >= 4 is 17.3 Å². The zero-order valence-corrected chi connectivity index (χ0v) is 14.6. The summed E-state index contributed by atoms with van der Waals surface area (Å²) >= 11 is 0. The SMILES string of the molecule is COC(=O)c1c(N)c(C#N)cn1-c1cc(OCC(F)(F)C(F)F)cc([N+](=O)[O-])c1. The maximum atomic E-state index is 13.1. The van der Waals surface area contributed by atoms with Crippen molar-refractivity contribution in [1.82, 2.24) is 4.57 Å². The second-order valence-electron chi connectivity index (χ2n) is 5.57. The molecule has 0 saturated heterocycles. The first-order valence-corrected chi connectivity index (χ1v) is 7.59. The van der Waals surface area contributed by atoms with Crippen LogP contribution in [0.5, 0.6) is 5.75 Å². The summed E-state index contributed by atoms with van der Waals surface area (Å²) in [5, 5.41) is 20.3. The van der Waals surface area contributed by atoms with Crippen molar-refractivity contribution in [2.75, 3.05) is 19.5 Å². The summed E-state index contributed by atoms with van der Waals surface area (Å²) in [5.41, 5.74) is 4.09. The van der Waals surface area contributed by atoms with Crippen LogP contribution in [0.15, 0.2) is 24.4 Å². The zero-order valence-electron chi connectivity index (χ0n) is 14.6. The number of non-ortho nitro benzene ring substituents is 1. The molecule has 0 amide bonds. The highest BCUT2D eigenvalue weighted by Gasteiger charge is 2.41. The van der Waals surface area contributed by atoms with Crippen molar-refractivity contribution in [1.29, 1.82) is 5.26 Å². The molecule has 0 spiro atoms. The lowest BCUT2D eigenvalue weighted by atomic mass is 10.2. The molecule has 0 aliphatic heterocycles. The second-order valence-corrected chi connectivity index (χ2v) is 5.57. The Morgan fingerprint density at radius 2 is 2.07 bits per heavy atom. The Morgan fingerprint density at radius 3 is 2.59 bits per heavy atom. The molecular formula is C16H12F4N4O5. The lowest BCUT2D eigenvalue weighted by Gasteiger charge is -2.16. The van der Waals surface area contributed by atoms with Gasteiger partial charge in [0.05, 0.1) is 35.0 Å². The van der Waals surface area contributed by atoms with Crippen LogP contribution in [-0.2, 0) is 4.74 Å². The standard InChI is InChI=1S/C16H12F4N4O5/c1-28-14(25)13-12(22)8(5-21)6-23(13)9-2-10(24(26)27)4-11(3-9)29-7-16(19,20)15(17)18/h2-4,6,15H,7,22H2,1H3. The molecule has 2 N–H and O–H groups in total. The van der Waals surface area contributed by atoms with Crippen LogP contribution in [-0.4, -0.2) is 41.5 Å². The number of nitrogens with zero attached hydrogens (tertiary/aromatic N) is 3. The number of hydrogen-bond acceptors (Lipinski definition) is 7. The average Bonchev–Trinajstić information content (AvgIpc) is 3.01. The largest absolute Gasteiger partial charge is 0.487 e. The predicted octanol–water partition coefficient (Wildman–Crippen LogP) is 2.91. The number of benzene rings is 1. The number of aromatic nitrogens is 1. The van der Waals surface area contributed by atoms with Crippen LogP contribution >= 0.6 is 0 Å². The summed E-state index contributed by atoms with van der Waals surface area (Å²) in [6.07, 6.45) is -2.94. The minimum Gasteiger partial charge on any atom is -0.487 e. The van der Waals surface area contributed by atoms with Gasteiger partial charge in [0.2, 0.25) is 0 Å². The highest BCUT2D eigenvalue weighted by Crippen LogP contribution is 2.31. The van der Waals surface area contributed by atoms with Crippen LogP contribution in [0.4, 0.5) is 28.9 Å². The molecule has 0 aliphatic carbocycles. The Balaban J connectivity index is 2.59. The van der Waals surface area contributed by atoms with E-state index in [0.717, 1.165) is 36.1 Å². The van der Waals surface area contributed by atoms with Crippen molar-refractivity contribution < 1.29 is 36.8 Å². The van der Waals surface area contributed by atoms with Crippen LogP contribution in [0, 0.1) is 21.4 Å². The van der Waals surface area contributed by atoms with Gasteiger partial charge >= 0.3 is 18.3 Å². The van der Waals surface area contributed by atoms with Gasteiger partial charge in [-0.2, -0.15) is 14.0 Å². The van der Waals surface area contributed by atoms with Gasteiger partial charge in [0.1, 0.15) is 11.8 Å². The number of ether oxygens (including phenoxy) is 2. The smallest absolute Gasteiger partial charge is 0.357 e. The fraction of sp³-hybridized carbons (Fsp3) is 0.250. The fourth-order valence-electron chi connectivity index (χ4n) is 2.26. The van der Waals surface area contributed by atoms with Crippen LogP contribution in [0.2, 0.25) is 0 Å². The number of methoxy groups -OCH3 is 1. The summed E-state index contributed by atoms with van der Waals surface area (Å²) in [4.78, 5) is 22.3. The van der Waals surface area contributed by atoms with E-state index in [0.29, 0.717) is 0 Å². The van der Waals surface area contributed by atoms with E-state index in [9.17, 15) is 32.5 Å². The number of alkyl halides is 4. The lowest BCUT2D eigenvalue weighted by Crippen LogP contribution is -2.33. The maximum Gasteiger partial charge on any atom is 0.357 e. The van der Waals surface area contributed by atoms with Crippen LogP contribution in [0.3, 0.4) is 0 Å². The third kappa shape index (κ3) is 4.37. The van der Waals surface area contributed by atoms with E-state index < -0.39 is 41.3 Å². The van der Waals surface area contributed by atoms with Gasteiger partial charge in [0.15, 0.2) is 12.3 Å². The van der Waals surface area contributed by atoms with E-state index in [2.05, 4.69) is 9.47 Å². The van der Waals surface area contributed by atoms with E-state index in [-0.39, 0.29) is 22.6 Å². The summed E-state index contributed by atoms with van der Waals surface area (Å²) < 4.78 is 60.9. The molecule has 13 heteroatoms. The molecule has 1 heterocycles. The number of carbonyl (C=O) groups is 1. The summed E-state index contributed by atoms with van der Waals surface area (Å²) in [7, 11) is 1.03. The second kappa shape index (κ2) is 8.05. The molecule has 154 valence electrons. The van der Waals surface area contributed by atoms with Gasteiger partial charge in [0, 0.05) is 18.3 Å². The number of nitro groups is 1. The predicted molar refractivity (Wildman–Crippen MR) is 89.3 cm³/mol. The molecule has 0 aliphatic rings. The van der Waals surface area contributed by atoms with Gasteiger partial charge in [-0.05, 0) is 0 Å². The zero-order chi connectivity index (χ0) is 21.9. The number of esters is 1. The summed E-state index contributed by atoms with van der Waals surface area (Å²) in [5.74, 6) is -6.02. The van der Waals surface area contributed by atoms with Crippen molar-refractivity contribution in [2.45, 2.75) is 12.3 Å². The number of nitrogen functional groups attached to an aromatic ring is 1. The van der Waals surface area contributed by atoms with E-state index in [1.165, 1.54) is 0 Å². The topological polar surface area (TPSA) is 133 Å². The minimum absolute atomic E-state index is 0.163. The van der Waals surface area contributed by atoms with Gasteiger partial charge in [-0.3, -0.25) is 10.1 Å². The molecule has 2 rings (SSSR count). The van der Waals surface area contributed by atoms with Crippen LogP contribution < -0.4 is 10.5 Å². The van der Waals surface area contributed by atoms with E-state index in [4.69, 9.17) is 11.0 Å². The number of hydrogen-bond donors (Lipinski definition) is 1. The third-order valence-corrected chi connectivity index (χ3v) is 3.66. The van der Waals surface area contributed by atoms with Gasteiger partial charge in [0.25, 0.3) is 5.69 Å². The molecule has 1 aromatic carbocycles. The fourth-order valence-corrected chi connectivity index (χ4v) is 2.26.